The van der Waals surface area contributed by atoms with Gasteiger partial charge in [-0.3, -0.25) is 4.98 Å². The lowest BCUT2D eigenvalue weighted by atomic mass is 9.94. The number of para-hydroxylation sites is 1. The molecule has 5 heteroatoms. The van der Waals surface area contributed by atoms with Crippen LogP contribution < -0.4 is 4.90 Å². The molecule has 2 unspecified atom stereocenters. The summed E-state index contributed by atoms with van der Waals surface area (Å²) >= 11 is 0. The zero-order valence-corrected chi connectivity index (χ0v) is 13.5. The second-order valence-corrected chi connectivity index (χ2v) is 6.04. The van der Waals surface area contributed by atoms with E-state index in [9.17, 15) is 9.90 Å². The van der Waals surface area contributed by atoms with Crippen molar-refractivity contribution >= 4 is 22.6 Å². The topological polar surface area (TPSA) is 62.7 Å². The first kappa shape index (κ1) is 15.7. The van der Waals surface area contributed by atoms with E-state index in [0.717, 1.165) is 29.6 Å². The molecule has 1 aromatic heterocycles. The van der Waals surface area contributed by atoms with Crippen molar-refractivity contribution in [3.05, 3.63) is 36.0 Å². The van der Waals surface area contributed by atoms with Crippen molar-refractivity contribution < 1.29 is 14.6 Å². The van der Waals surface area contributed by atoms with E-state index in [-0.39, 0.29) is 11.9 Å². The fraction of sp³-hybridized carbons (Fsp3) is 0.444. The predicted octanol–water partition coefficient (Wildman–Crippen LogP) is 2.62. The van der Waals surface area contributed by atoms with Gasteiger partial charge in [0.15, 0.2) is 0 Å². The summed E-state index contributed by atoms with van der Waals surface area (Å²) in [6.07, 6.45) is 2.07. The second-order valence-electron chi connectivity index (χ2n) is 6.04. The zero-order chi connectivity index (χ0) is 16.4. The monoisotopic (exact) mass is 314 g/mol. The number of rotatable bonds is 3. The molecular formula is C18H22N2O3. The number of carbonyl (C=O) groups excluding carboxylic acids is 1. The molecule has 1 saturated heterocycles. The molecule has 1 aliphatic heterocycles. The van der Waals surface area contributed by atoms with Crippen LogP contribution in [0, 0.1) is 5.92 Å². The Morgan fingerprint density at radius 3 is 2.96 bits per heavy atom. The molecule has 0 radical (unpaired) electrons. The molecule has 1 aromatic carbocycles. The number of carbonyl (C=O) groups is 1. The van der Waals surface area contributed by atoms with Gasteiger partial charge in [0.25, 0.3) is 0 Å². The number of fused-ring (bicyclic) bond motifs is 1. The molecule has 1 fully saturated rings. The van der Waals surface area contributed by atoms with Crippen LogP contribution in [0.5, 0.6) is 0 Å². The van der Waals surface area contributed by atoms with E-state index in [4.69, 9.17) is 4.74 Å². The number of esters is 1. The minimum atomic E-state index is -0.397. The van der Waals surface area contributed by atoms with Gasteiger partial charge in [0.05, 0.1) is 23.9 Å². The van der Waals surface area contributed by atoms with Gasteiger partial charge in [0.1, 0.15) is 5.56 Å². The smallest absolute Gasteiger partial charge is 0.341 e. The first-order chi connectivity index (χ1) is 11.1. The van der Waals surface area contributed by atoms with Crippen molar-refractivity contribution in [3.63, 3.8) is 0 Å². The number of piperidine rings is 1. The molecule has 1 aliphatic rings. The van der Waals surface area contributed by atoms with Crippen LogP contribution in [0.4, 0.5) is 5.69 Å². The third kappa shape index (κ3) is 3.01. The summed E-state index contributed by atoms with van der Waals surface area (Å²) in [6.45, 7) is 5.49. The summed E-state index contributed by atoms with van der Waals surface area (Å²) in [5.41, 5.74) is 2.12. The fourth-order valence-corrected chi connectivity index (χ4v) is 3.08. The van der Waals surface area contributed by atoms with Crippen molar-refractivity contribution in [1.29, 1.82) is 0 Å². The average molecular weight is 314 g/mol. The maximum Gasteiger partial charge on any atom is 0.341 e. The Hall–Kier alpha value is -2.14. The van der Waals surface area contributed by atoms with E-state index >= 15 is 0 Å². The van der Waals surface area contributed by atoms with E-state index in [1.54, 1.807) is 13.1 Å². The second kappa shape index (κ2) is 6.54. The minimum absolute atomic E-state index is 0.269. The van der Waals surface area contributed by atoms with E-state index in [0.29, 0.717) is 18.7 Å². The first-order valence-electron chi connectivity index (χ1n) is 8.09. The number of anilines is 1. The lowest BCUT2D eigenvalue weighted by Crippen LogP contribution is -2.43. The summed E-state index contributed by atoms with van der Waals surface area (Å²) in [5.74, 6) is -0.0979. The Kier molecular flexibility index (Phi) is 4.48. The highest BCUT2D eigenvalue weighted by Gasteiger charge is 2.28. The SMILES string of the molecule is CCOC(=O)c1cnc2ccccc2c1N1CCC(C)C(O)C1. The fourth-order valence-electron chi connectivity index (χ4n) is 3.08. The summed E-state index contributed by atoms with van der Waals surface area (Å²) in [5, 5.41) is 11.2. The van der Waals surface area contributed by atoms with Crippen molar-refractivity contribution in [2.24, 2.45) is 5.92 Å². The van der Waals surface area contributed by atoms with Gasteiger partial charge in [-0.2, -0.15) is 0 Å². The maximum atomic E-state index is 12.3. The van der Waals surface area contributed by atoms with Crippen molar-refractivity contribution in [3.8, 4) is 0 Å². The van der Waals surface area contributed by atoms with Crippen LogP contribution in [0.1, 0.15) is 30.6 Å². The number of β-amino-alcohol motifs (C(OH)–C–C–N with tert-alkyl or cyclic N) is 1. The molecule has 0 spiro atoms. The molecule has 122 valence electrons. The molecule has 2 heterocycles. The number of aliphatic hydroxyl groups is 1. The number of hydrogen-bond acceptors (Lipinski definition) is 5. The highest BCUT2D eigenvalue weighted by molar-refractivity contribution is 6.05. The van der Waals surface area contributed by atoms with E-state index in [2.05, 4.69) is 16.8 Å². The number of nitrogens with zero attached hydrogens (tertiary/aromatic N) is 2. The number of pyridine rings is 1. The molecule has 0 bridgehead atoms. The van der Waals surface area contributed by atoms with Crippen LogP contribution >= 0.6 is 0 Å². The standard InChI is InChI=1S/C18H22N2O3/c1-3-23-18(22)14-10-19-15-7-5-4-6-13(15)17(14)20-9-8-12(2)16(21)11-20/h4-7,10,12,16,21H,3,8-9,11H2,1-2H3. The molecule has 0 amide bonds. The lowest BCUT2D eigenvalue weighted by molar-refractivity contribution is 0.0525. The molecule has 2 atom stereocenters. The van der Waals surface area contributed by atoms with Crippen LogP contribution in [0.25, 0.3) is 10.9 Å². The Morgan fingerprint density at radius 2 is 2.22 bits per heavy atom. The van der Waals surface area contributed by atoms with Gasteiger partial charge in [0, 0.05) is 24.7 Å². The number of hydrogen-bond donors (Lipinski definition) is 1. The van der Waals surface area contributed by atoms with Gasteiger partial charge in [-0.05, 0) is 25.3 Å². The van der Waals surface area contributed by atoms with Gasteiger partial charge < -0.3 is 14.7 Å². The predicted molar refractivity (Wildman–Crippen MR) is 89.7 cm³/mol. The van der Waals surface area contributed by atoms with Crippen molar-refractivity contribution in [1.82, 2.24) is 4.98 Å². The van der Waals surface area contributed by atoms with E-state index < -0.39 is 6.10 Å². The summed E-state index contributed by atoms with van der Waals surface area (Å²) in [4.78, 5) is 18.8. The molecule has 1 N–H and O–H groups in total. The van der Waals surface area contributed by atoms with Gasteiger partial charge in [-0.1, -0.05) is 25.1 Å². The first-order valence-corrected chi connectivity index (χ1v) is 8.09. The number of aromatic nitrogens is 1. The summed E-state index contributed by atoms with van der Waals surface area (Å²) < 4.78 is 5.19. The Bertz CT molecular complexity index is 716. The zero-order valence-electron chi connectivity index (χ0n) is 13.5. The molecule has 23 heavy (non-hydrogen) atoms. The average Bonchev–Trinajstić information content (AvgIpc) is 2.56. The van der Waals surface area contributed by atoms with Gasteiger partial charge in [-0.15, -0.1) is 0 Å². The third-order valence-electron chi connectivity index (χ3n) is 4.48. The Balaban J connectivity index is 2.11. The van der Waals surface area contributed by atoms with Crippen LogP contribution in [0.2, 0.25) is 0 Å². The molecule has 3 rings (SSSR count). The molecule has 0 aliphatic carbocycles. The number of benzene rings is 1. The molecule has 0 saturated carbocycles. The Morgan fingerprint density at radius 1 is 1.43 bits per heavy atom. The third-order valence-corrected chi connectivity index (χ3v) is 4.48. The summed E-state index contributed by atoms with van der Waals surface area (Å²) in [7, 11) is 0. The normalized spacial score (nSPS) is 21.4. The summed E-state index contributed by atoms with van der Waals surface area (Å²) in [6, 6.07) is 7.75. The maximum absolute atomic E-state index is 12.3. The lowest BCUT2D eigenvalue weighted by Gasteiger charge is -2.37. The minimum Gasteiger partial charge on any atom is -0.462 e. The van der Waals surface area contributed by atoms with Gasteiger partial charge >= 0.3 is 5.97 Å². The van der Waals surface area contributed by atoms with Gasteiger partial charge in [-0.25, -0.2) is 4.79 Å². The molecule has 2 aromatic rings. The highest BCUT2D eigenvalue weighted by atomic mass is 16.5. The van der Waals surface area contributed by atoms with Crippen LogP contribution in [-0.2, 0) is 4.74 Å². The van der Waals surface area contributed by atoms with Crippen molar-refractivity contribution in [2.75, 3.05) is 24.6 Å². The highest BCUT2D eigenvalue weighted by Crippen LogP contribution is 2.33. The van der Waals surface area contributed by atoms with Crippen LogP contribution in [-0.4, -0.2) is 41.9 Å². The number of aliphatic hydroxyl groups excluding tert-OH is 1. The van der Waals surface area contributed by atoms with Crippen LogP contribution in [0.15, 0.2) is 30.5 Å². The largest absolute Gasteiger partial charge is 0.462 e. The van der Waals surface area contributed by atoms with Crippen LogP contribution in [0.3, 0.4) is 0 Å². The number of ether oxygens (including phenoxy) is 1. The van der Waals surface area contributed by atoms with Crippen molar-refractivity contribution in [2.45, 2.75) is 26.4 Å². The quantitative estimate of drug-likeness (QED) is 0.882. The van der Waals surface area contributed by atoms with E-state index in [1.807, 2.05) is 24.3 Å². The Labute approximate surface area is 135 Å². The molecule has 5 nitrogen and oxygen atoms in total. The van der Waals surface area contributed by atoms with Gasteiger partial charge in [0.2, 0.25) is 0 Å². The van der Waals surface area contributed by atoms with E-state index in [1.165, 1.54) is 0 Å². The molecular weight excluding hydrogens is 292 g/mol.